The van der Waals surface area contributed by atoms with Crippen LogP contribution in [0.25, 0.3) is 10.9 Å². The summed E-state index contributed by atoms with van der Waals surface area (Å²) in [5.74, 6) is 1.30. The van der Waals surface area contributed by atoms with Crippen molar-refractivity contribution in [3.05, 3.63) is 58.9 Å². The van der Waals surface area contributed by atoms with Crippen molar-refractivity contribution in [2.45, 2.75) is 32.4 Å². The fourth-order valence-corrected chi connectivity index (χ4v) is 3.10. The number of nitrogens with one attached hydrogen (secondary N) is 1. The van der Waals surface area contributed by atoms with Crippen molar-refractivity contribution in [1.29, 1.82) is 0 Å². The highest BCUT2D eigenvalue weighted by molar-refractivity contribution is 5.93. The molecule has 1 fully saturated rings. The smallest absolute Gasteiger partial charge is 0.253 e. The Hall–Kier alpha value is -2.89. The minimum atomic E-state index is -0.121. The summed E-state index contributed by atoms with van der Waals surface area (Å²) in [6.45, 7) is 2.75. The summed E-state index contributed by atoms with van der Waals surface area (Å²) in [7, 11) is 0. The third kappa shape index (κ3) is 3.20. The van der Waals surface area contributed by atoms with Gasteiger partial charge in [0, 0.05) is 41.8 Å². The van der Waals surface area contributed by atoms with Gasteiger partial charge in [0.2, 0.25) is 0 Å². The largest absolute Gasteiger partial charge is 0.399 e. The Morgan fingerprint density at radius 1 is 1.28 bits per heavy atom. The van der Waals surface area contributed by atoms with Crippen LogP contribution in [0.5, 0.6) is 0 Å². The van der Waals surface area contributed by atoms with Gasteiger partial charge in [0.15, 0.2) is 0 Å². The van der Waals surface area contributed by atoms with Crippen molar-refractivity contribution in [3.8, 4) is 0 Å². The number of rotatable bonds is 5. The molecule has 0 amide bonds. The fraction of sp³-hybridized carbons (Fsp3) is 0.316. The van der Waals surface area contributed by atoms with Gasteiger partial charge in [0.25, 0.3) is 5.56 Å². The molecule has 6 nitrogen and oxygen atoms in total. The molecular formula is C19H21N5O. The van der Waals surface area contributed by atoms with E-state index in [1.165, 1.54) is 12.8 Å². The molecule has 0 saturated heterocycles. The monoisotopic (exact) mass is 335 g/mol. The Labute approximate surface area is 145 Å². The van der Waals surface area contributed by atoms with Crippen molar-refractivity contribution in [2.75, 3.05) is 11.1 Å². The van der Waals surface area contributed by atoms with Gasteiger partial charge >= 0.3 is 0 Å². The molecule has 1 aliphatic rings. The van der Waals surface area contributed by atoms with Crippen molar-refractivity contribution in [1.82, 2.24) is 14.5 Å². The van der Waals surface area contributed by atoms with Crippen LogP contribution in [0.15, 0.2) is 47.5 Å². The Balaban J connectivity index is 1.78. The van der Waals surface area contributed by atoms with Crippen molar-refractivity contribution in [2.24, 2.45) is 5.92 Å². The molecule has 3 N–H and O–H groups in total. The van der Waals surface area contributed by atoms with Crippen LogP contribution < -0.4 is 16.6 Å². The highest BCUT2D eigenvalue weighted by atomic mass is 16.1. The highest BCUT2D eigenvalue weighted by Crippen LogP contribution is 2.33. The molecule has 0 radical (unpaired) electrons. The number of nitrogens with two attached hydrogens (primary N) is 1. The minimum Gasteiger partial charge on any atom is -0.399 e. The van der Waals surface area contributed by atoms with E-state index in [1.807, 2.05) is 29.7 Å². The molecule has 6 heteroatoms. The Kier molecular flexibility index (Phi) is 3.87. The maximum atomic E-state index is 12.7. The van der Waals surface area contributed by atoms with Gasteiger partial charge in [-0.25, -0.2) is 9.97 Å². The zero-order valence-corrected chi connectivity index (χ0v) is 14.1. The first-order chi connectivity index (χ1) is 12.1. The molecule has 0 aliphatic heterocycles. The molecule has 0 bridgehead atoms. The van der Waals surface area contributed by atoms with E-state index in [0.29, 0.717) is 17.4 Å². The summed E-state index contributed by atoms with van der Waals surface area (Å²) in [6, 6.07) is 9.01. The Morgan fingerprint density at radius 2 is 2.04 bits per heavy atom. The van der Waals surface area contributed by atoms with Gasteiger partial charge in [-0.3, -0.25) is 4.79 Å². The standard InChI is InChI=1S/C19H21N5O/c1-12(19-21-7-2-8-22-19)23-16-10-18(25)24(11-13-3-4-13)17-6-5-14(20)9-15(16)17/h2,5-10,12-13,23H,3-4,11,20H2,1H3. The molecule has 4 rings (SSSR count). The normalized spacial score (nSPS) is 15.2. The first kappa shape index (κ1) is 15.6. The molecular weight excluding hydrogens is 314 g/mol. The molecule has 1 saturated carbocycles. The summed E-state index contributed by atoms with van der Waals surface area (Å²) in [4.78, 5) is 21.2. The van der Waals surface area contributed by atoms with E-state index in [2.05, 4.69) is 15.3 Å². The lowest BCUT2D eigenvalue weighted by Gasteiger charge is -2.18. The zero-order valence-electron chi connectivity index (χ0n) is 14.1. The molecule has 1 atom stereocenters. The van der Waals surface area contributed by atoms with Gasteiger partial charge in [-0.05, 0) is 49.9 Å². The van der Waals surface area contributed by atoms with E-state index in [4.69, 9.17) is 5.73 Å². The van der Waals surface area contributed by atoms with Crippen LogP contribution in [0, 0.1) is 5.92 Å². The number of hydrogen-bond acceptors (Lipinski definition) is 5. The van der Waals surface area contributed by atoms with Crippen LogP contribution in [-0.4, -0.2) is 14.5 Å². The quantitative estimate of drug-likeness (QED) is 0.700. The molecule has 2 aromatic heterocycles. The van der Waals surface area contributed by atoms with Crippen molar-refractivity contribution in [3.63, 3.8) is 0 Å². The fourth-order valence-electron chi connectivity index (χ4n) is 3.10. The summed E-state index contributed by atoms with van der Waals surface area (Å²) in [6.07, 6.45) is 5.82. The third-order valence-electron chi connectivity index (χ3n) is 4.62. The van der Waals surface area contributed by atoms with Crippen molar-refractivity contribution < 1.29 is 0 Å². The molecule has 25 heavy (non-hydrogen) atoms. The predicted molar refractivity (Wildman–Crippen MR) is 99.4 cm³/mol. The number of hydrogen-bond donors (Lipinski definition) is 2. The van der Waals surface area contributed by atoms with E-state index in [0.717, 1.165) is 23.1 Å². The second kappa shape index (κ2) is 6.20. The number of anilines is 2. The molecule has 2 heterocycles. The van der Waals surface area contributed by atoms with E-state index in [9.17, 15) is 4.79 Å². The number of nitrogen functional groups attached to an aromatic ring is 1. The third-order valence-corrected chi connectivity index (χ3v) is 4.62. The van der Waals surface area contributed by atoms with E-state index in [1.54, 1.807) is 24.5 Å². The van der Waals surface area contributed by atoms with Crippen LogP contribution in [0.2, 0.25) is 0 Å². The van der Waals surface area contributed by atoms with Crippen LogP contribution in [-0.2, 0) is 6.54 Å². The second-order valence-electron chi connectivity index (χ2n) is 6.70. The first-order valence-corrected chi connectivity index (χ1v) is 8.58. The molecule has 128 valence electrons. The summed E-state index contributed by atoms with van der Waals surface area (Å²) in [5, 5.41) is 4.32. The van der Waals surface area contributed by atoms with Gasteiger partial charge in [0.1, 0.15) is 5.82 Å². The summed E-state index contributed by atoms with van der Waals surface area (Å²) in [5.41, 5.74) is 8.36. The van der Waals surface area contributed by atoms with Crippen LogP contribution >= 0.6 is 0 Å². The van der Waals surface area contributed by atoms with E-state index < -0.39 is 0 Å². The van der Waals surface area contributed by atoms with E-state index >= 15 is 0 Å². The van der Waals surface area contributed by atoms with Crippen LogP contribution in [0.1, 0.15) is 31.6 Å². The average Bonchev–Trinajstić information content (AvgIpc) is 3.43. The molecule has 1 aliphatic carbocycles. The van der Waals surface area contributed by atoms with Gasteiger partial charge in [-0.2, -0.15) is 0 Å². The second-order valence-corrected chi connectivity index (χ2v) is 6.70. The van der Waals surface area contributed by atoms with Gasteiger partial charge in [-0.15, -0.1) is 0 Å². The molecule has 1 aromatic carbocycles. The van der Waals surface area contributed by atoms with Gasteiger partial charge < -0.3 is 15.6 Å². The lowest BCUT2D eigenvalue weighted by atomic mass is 10.1. The minimum absolute atomic E-state index is 0.00727. The maximum Gasteiger partial charge on any atom is 0.253 e. The number of nitrogens with zero attached hydrogens (tertiary/aromatic N) is 3. The van der Waals surface area contributed by atoms with E-state index in [-0.39, 0.29) is 11.6 Å². The lowest BCUT2D eigenvalue weighted by Crippen LogP contribution is -2.22. The lowest BCUT2D eigenvalue weighted by molar-refractivity contribution is 0.627. The SMILES string of the molecule is CC(Nc1cc(=O)n(CC2CC2)c2ccc(N)cc12)c1ncccn1. The molecule has 0 spiro atoms. The Bertz CT molecular complexity index is 963. The maximum absolute atomic E-state index is 12.7. The molecule has 1 unspecified atom stereocenters. The Morgan fingerprint density at radius 3 is 2.76 bits per heavy atom. The molecule has 3 aromatic rings. The topological polar surface area (TPSA) is 85.8 Å². The van der Waals surface area contributed by atoms with Crippen LogP contribution in [0.3, 0.4) is 0 Å². The average molecular weight is 335 g/mol. The summed E-state index contributed by atoms with van der Waals surface area (Å²) >= 11 is 0. The highest BCUT2D eigenvalue weighted by Gasteiger charge is 2.23. The predicted octanol–water partition coefficient (Wildman–Crippen LogP) is 2.96. The first-order valence-electron chi connectivity index (χ1n) is 8.58. The summed E-state index contributed by atoms with van der Waals surface area (Å²) < 4.78 is 1.86. The van der Waals surface area contributed by atoms with Gasteiger partial charge in [0.05, 0.1) is 11.6 Å². The van der Waals surface area contributed by atoms with Crippen LogP contribution in [0.4, 0.5) is 11.4 Å². The number of pyridine rings is 1. The van der Waals surface area contributed by atoms with Gasteiger partial charge in [-0.1, -0.05) is 0 Å². The van der Waals surface area contributed by atoms with Crippen molar-refractivity contribution >= 4 is 22.3 Å². The number of fused-ring (bicyclic) bond motifs is 1. The number of benzene rings is 1. The number of aromatic nitrogens is 3. The zero-order chi connectivity index (χ0) is 17.4.